The van der Waals surface area contributed by atoms with Gasteiger partial charge in [0.15, 0.2) is 23.3 Å². The van der Waals surface area contributed by atoms with Crippen LogP contribution in [0.25, 0.3) is 21.5 Å². The van der Waals surface area contributed by atoms with Crippen molar-refractivity contribution in [2.45, 2.75) is 55.4 Å². The summed E-state index contributed by atoms with van der Waals surface area (Å²) in [6.45, 7) is 14.5. The Hall–Kier alpha value is -5.80. The molecule has 0 saturated heterocycles. The van der Waals surface area contributed by atoms with Crippen molar-refractivity contribution in [3.8, 4) is 0 Å². The fourth-order valence-electron chi connectivity index (χ4n) is 8.72. The molecular weight excluding hydrogens is 857 g/mol. The zero-order valence-corrected chi connectivity index (χ0v) is 38.6. The summed E-state index contributed by atoms with van der Waals surface area (Å²) in [5, 5.41) is 2.04. The van der Waals surface area contributed by atoms with E-state index in [9.17, 15) is 0 Å². The number of aliphatic imine (C=N–C) groups is 4. The van der Waals surface area contributed by atoms with Gasteiger partial charge in [-0.2, -0.15) is 25.4 Å². The molecule has 19 heteroatoms. The Bertz CT molecular complexity index is 3470. The summed E-state index contributed by atoms with van der Waals surface area (Å²) >= 11 is 0. The first-order valence-electron chi connectivity index (χ1n) is 20.8. The lowest BCUT2D eigenvalue weighted by atomic mass is 10.0. The third-order valence-corrected chi connectivity index (χ3v) is 19.5. The minimum atomic E-state index is -5.67. The number of rotatable bonds is 10. The molecule has 0 amide bonds. The van der Waals surface area contributed by atoms with E-state index in [2.05, 4.69) is 0 Å². The molecule has 10 rings (SSSR count). The summed E-state index contributed by atoms with van der Waals surface area (Å²) in [6.07, 6.45) is 0. The molecule has 0 aliphatic carbocycles. The standard InChI is InChI=1S/C44H44N10O6S2Si/c1-9-51(10-2)61(55,56)59-63(60-62(57,58)52(11-3)12-4)53-41-31-19-15-27(7)23-35(31)44(53)48-38-30-18-14-26(6)22-34(30)40(46-38)50-42-32-20-16-28(8)24-36(32)43(54(42)63)47-37-29-17-13-25(5)21-33(29)39(45-37)49-41/h13-24H,9-12H2,1-8H3/b47-37-,47-43?,48-38?,48-44-,49-39?,49-41-,50-40-,50-42?. The van der Waals surface area contributed by atoms with Crippen LogP contribution >= 0.6 is 0 Å². The van der Waals surface area contributed by atoms with Crippen LogP contribution in [0.2, 0.25) is 0 Å². The molecule has 0 saturated carbocycles. The van der Waals surface area contributed by atoms with Gasteiger partial charge in [-0.15, -0.1) is 0 Å². The average molecular weight is 901 g/mol. The first-order chi connectivity index (χ1) is 30.1. The van der Waals surface area contributed by atoms with Crippen LogP contribution in [0.3, 0.4) is 0 Å². The predicted octanol–water partition coefficient (Wildman–Crippen LogP) is 5.81. The minimum Gasteiger partial charge on any atom is -0.271 e. The lowest BCUT2D eigenvalue weighted by Gasteiger charge is -2.34. The van der Waals surface area contributed by atoms with Crippen LogP contribution in [0.1, 0.15) is 72.2 Å². The van der Waals surface area contributed by atoms with Gasteiger partial charge in [-0.3, -0.25) is 8.47 Å². The summed E-state index contributed by atoms with van der Waals surface area (Å²) in [5.41, 5.74) is 6.50. The molecule has 6 aromatic rings. The van der Waals surface area contributed by atoms with Gasteiger partial charge in [0.05, 0.1) is 0 Å². The lowest BCUT2D eigenvalue weighted by Crippen LogP contribution is -2.67. The van der Waals surface area contributed by atoms with Crippen molar-refractivity contribution < 1.29 is 24.6 Å². The molecule has 16 nitrogen and oxygen atoms in total. The van der Waals surface area contributed by atoms with E-state index < -0.39 is 29.5 Å². The Morgan fingerprint density at radius 2 is 0.857 bits per heavy atom. The topological polar surface area (TPSA) is 177 Å². The van der Waals surface area contributed by atoms with Crippen LogP contribution in [0.5, 0.6) is 0 Å². The number of hydrogen-bond donors (Lipinski definition) is 0. The average Bonchev–Trinajstić information content (AvgIpc) is 3.93. The molecule has 63 heavy (non-hydrogen) atoms. The number of hydrogen-bond acceptors (Lipinski definition) is 12. The second kappa shape index (κ2) is 14.6. The van der Waals surface area contributed by atoms with Gasteiger partial charge in [-0.25, -0.2) is 37.7 Å². The Balaban J connectivity index is 1.56. The highest BCUT2D eigenvalue weighted by Crippen LogP contribution is 2.45. The van der Waals surface area contributed by atoms with Gasteiger partial charge in [0.25, 0.3) is 0 Å². The Morgan fingerprint density at radius 1 is 0.460 bits per heavy atom. The van der Waals surface area contributed by atoms with Crippen LogP contribution < -0.4 is 11.0 Å². The van der Waals surface area contributed by atoms with Gasteiger partial charge in [0.2, 0.25) is 0 Å². The molecule has 2 aromatic heterocycles. The second-order valence-corrected chi connectivity index (χ2v) is 22.0. The van der Waals surface area contributed by atoms with Gasteiger partial charge in [-0.05, 0) is 52.0 Å². The summed E-state index contributed by atoms with van der Waals surface area (Å²) < 4.78 is 79.6. The molecule has 0 spiro atoms. The van der Waals surface area contributed by atoms with E-state index >= 15 is 16.8 Å². The van der Waals surface area contributed by atoms with Gasteiger partial charge >= 0.3 is 29.5 Å². The van der Waals surface area contributed by atoms with E-state index in [-0.39, 0.29) is 72.1 Å². The van der Waals surface area contributed by atoms with Crippen molar-refractivity contribution in [1.82, 2.24) is 17.1 Å². The number of aromatic nitrogens is 2. The molecule has 6 heterocycles. The Labute approximate surface area is 365 Å². The molecule has 0 N–H and O–H groups in total. The summed E-state index contributed by atoms with van der Waals surface area (Å²) in [5.74, 6) is 1.29. The molecule has 4 aromatic carbocycles. The number of fused-ring (bicyclic) bond motifs is 14. The Morgan fingerprint density at radius 3 is 1.38 bits per heavy atom. The quantitative estimate of drug-likeness (QED) is 0.157. The highest BCUT2D eigenvalue weighted by atomic mass is 32.2. The molecular formula is C44H44N10O6S2Si. The van der Waals surface area contributed by atoms with Crippen molar-refractivity contribution in [2.24, 2.45) is 30.0 Å². The first kappa shape index (κ1) is 41.2. The van der Waals surface area contributed by atoms with Gasteiger partial charge in [0.1, 0.15) is 22.6 Å². The molecule has 4 aliphatic heterocycles. The van der Waals surface area contributed by atoms with Crippen LogP contribution in [0.4, 0.5) is 11.6 Å². The second-order valence-electron chi connectivity index (χ2n) is 15.9. The van der Waals surface area contributed by atoms with Gasteiger partial charge in [-0.1, -0.05) is 98.5 Å². The molecule has 0 radical (unpaired) electrons. The zero-order chi connectivity index (χ0) is 44.3. The third-order valence-electron chi connectivity index (χ3n) is 11.8. The molecule has 0 fully saturated rings. The molecule has 6 bridgehead atoms. The lowest BCUT2D eigenvalue weighted by molar-refractivity contribution is 0.290. The van der Waals surface area contributed by atoms with Crippen molar-refractivity contribution in [3.05, 3.63) is 128 Å². The summed E-state index contributed by atoms with van der Waals surface area (Å²) in [4.78, 5) is 31.4. The smallest absolute Gasteiger partial charge is 0.271 e. The van der Waals surface area contributed by atoms with Crippen molar-refractivity contribution in [1.29, 1.82) is 0 Å². The number of nitrogens with zero attached hydrogens (tertiary/aromatic N) is 10. The van der Waals surface area contributed by atoms with Crippen LogP contribution in [-0.4, -0.2) is 92.3 Å². The maximum atomic E-state index is 15.2. The van der Waals surface area contributed by atoms with Crippen molar-refractivity contribution >= 4 is 86.0 Å². The van der Waals surface area contributed by atoms with Crippen LogP contribution in [-0.2, 0) is 28.4 Å². The third kappa shape index (κ3) is 6.27. The van der Waals surface area contributed by atoms with E-state index in [4.69, 9.17) is 37.7 Å². The highest BCUT2D eigenvalue weighted by Gasteiger charge is 2.60. The normalized spacial score (nSPS) is 18.8. The SMILES string of the molecule is CCN(CC)S(=O)(=O)O[Si]1(OS(=O)(=O)N(CC)CC)n2c3c4cc(C)ccc4c2/N=C2N=C(/N=c4/c5cc(C)ccc5/c(n41)=N/C1=NC(=N\3)/c3ccc(C)cc31)c1ccc(C)cc1\2. The number of amidine groups is 4. The van der Waals surface area contributed by atoms with E-state index in [1.807, 2.05) is 100 Å². The number of benzene rings is 4. The molecule has 0 unspecified atom stereocenters. The first-order valence-corrected chi connectivity index (χ1v) is 25.3. The summed E-state index contributed by atoms with van der Waals surface area (Å²) in [6, 6.07) is 23.0. The predicted molar refractivity (Wildman–Crippen MR) is 246 cm³/mol. The summed E-state index contributed by atoms with van der Waals surface area (Å²) in [7, 11) is -15.5. The number of aryl methyl sites for hydroxylation is 4. The fourth-order valence-corrected chi connectivity index (χ4v) is 16.5. The maximum absolute atomic E-state index is 15.2. The van der Waals surface area contributed by atoms with E-state index in [1.54, 1.807) is 27.7 Å². The minimum absolute atomic E-state index is 0.00151. The van der Waals surface area contributed by atoms with E-state index in [0.29, 0.717) is 43.8 Å². The van der Waals surface area contributed by atoms with Crippen molar-refractivity contribution in [2.75, 3.05) is 26.2 Å². The highest BCUT2D eigenvalue weighted by molar-refractivity contribution is 7.87. The zero-order valence-electron chi connectivity index (χ0n) is 36.0. The van der Waals surface area contributed by atoms with Gasteiger partial charge in [0, 0.05) is 70.0 Å². The van der Waals surface area contributed by atoms with E-state index in [1.165, 1.54) is 8.47 Å². The fraction of sp³-hybridized carbons (Fsp3) is 0.273. The Kier molecular flexibility index (Phi) is 9.57. The van der Waals surface area contributed by atoms with Crippen LogP contribution in [0, 0.1) is 27.7 Å². The monoisotopic (exact) mass is 900 g/mol. The molecule has 0 atom stereocenters. The molecule has 4 aliphatic rings. The van der Waals surface area contributed by atoms with Crippen LogP contribution in [0.15, 0.2) is 103 Å². The largest absolute Gasteiger partial charge is 0.634 e. The van der Waals surface area contributed by atoms with Crippen molar-refractivity contribution in [3.63, 3.8) is 0 Å². The molecule has 322 valence electrons. The van der Waals surface area contributed by atoms with E-state index in [0.717, 1.165) is 30.9 Å². The maximum Gasteiger partial charge on any atom is 0.634 e. The van der Waals surface area contributed by atoms with Gasteiger partial charge < -0.3 is 0 Å².